The van der Waals surface area contributed by atoms with Crippen LogP contribution in [0.15, 0.2) is 60.9 Å². The van der Waals surface area contributed by atoms with Crippen molar-refractivity contribution >= 4 is 23.5 Å². The molecule has 1 spiro atoms. The molecule has 3 heterocycles. The topological polar surface area (TPSA) is 124 Å². The number of esters is 1. The van der Waals surface area contributed by atoms with Crippen molar-refractivity contribution in [1.29, 1.82) is 0 Å². The summed E-state index contributed by atoms with van der Waals surface area (Å²) in [4.78, 5) is 35.5. The molecule has 11 heteroatoms. The summed E-state index contributed by atoms with van der Waals surface area (Å²) in [5, 5.41) is 5.78. The number of hydrogen-bond donors (Lipinski definition) is 2. The first-order chi connectivity index (χ1) is 20.7. The lowest BCUT2D eigenvalue weighted by Gasteiger charge is -2.37. The number of nitrogens with zero attached hydrogens (tertiary/aromatic N) is 3. The molecule has 2 aliphatic rings. The number of benzene rings is 2. The van der Waals surface area contributed by atoms with Crippen molar-refractivity contribution < 1.29 is 28.5 Å². The molecule has 43 heavy (non-hydrogen) atoms. The van der Waals surface area contributed by atoms with Gasteiger partial charge in [0.1, 0.15) is 24.5 Å². The molecule has 0 saturated carbocycles. The first-order valence-electron chi connectivity index (χ1n) is 14.6. The van der Waals surface area contributed by atoms with Crippen LogP contribution < -0.4 is 15.4 Å². The molecule has 2 aromatic carbocycles. The first kappa shape index (κ1) is 30.4. The Morgan fingerprint density at radius 3 is 2.21 bits per heavy atom. The molecule has 3 aromatic rings. The Morgan fingerprint density at radius 2 is 1.58 bits per heavy atom. The van der Waals surface area contributed by atoms with E-state index in [1.165, 1.54) is 0 Å². The van der Waals surface area contributed by atoms with Gasteiger partial charge in [0.05, 0.1) is 13.2 Å². The summed E-state index contributed by atoms with van der Waals surface area (Å²) in [7, 11) is 0. The van der Waals surface area contributed by atoms with E-state index in [1.807, 2.05) is 36.4 Å². The van der Waals surface area contributed by atoms with E-state index in [9.17, 15) is 9.59 Å². The predicted octanol–water partition coefficient (Wildman–Crippen LogP) is 4.18. The highest BCUT2D eigenvalue weighted by Crippen LogP contribution is 2.31. The third kappa shape index (κ3) is 8.73. The Bertz CT molecular complexity index is 1360. The molecule has 1 amide bonds. The molecular formula is C32H39N5O6. The van der Waals surface area contributed by atoms with Gasteiger partial charge in [-0.3, -0.25) is 14.5 Å². The van der Waals surface area contributed by atoms with Crippen LogP contribution in [0.3, 0.4) is 0 Å². The average Bonchev–Trinajstić information content (AvgIpc) is 3.45. The number of aromatic nitrogens is 2. The lowest BCUT2D eigenvalue weighted by Crippen LogP contribution is -2.46. The van der Waals surface area contributed by atoms with Crippen molar-refractivity contribution in [2.45, 2.75) is 45.0 Å². The fourth-order valence-electron chi connectivity index (χ4n) is 4.95. The minimum Gasteiger partial charge on any atom is -0.492 e. The van der Waals surface area contributed by atoms with Gasteiger partial charge in [0.15, 0.2) is 5.79 Å². The second-order valence-electron chi connectivity index (χ2n) is 11.6. The van der Waals surface area contributed by atoms with Gasteiger partial charge in [0.2, 0.25) is 5.95 Å². The lowest BCUT2D eigenvalue weighted by atomic mass is 10.0. The van der Waals surface area contributed by atoms with Gasteiger partial charge in [-0.1, -0.05) is 12.1 Å². The van der Waals surface area contributed by atoms with Crippen molar-refractivity contribution in [3.05, 3.63) is 66.5 Å². The zero-order chi connectivity index (χ0) is 30.3. The minimum atomic E-state index is -0.601. The molecule has 0 unspecified atom stereocenters. The van der Waals surface area contributed by atoms with E-state index in [0.29, 0.717) is 31.3 Å². The number of likely N-dealkylation sites (tertiary alicyclic amines) is 1. The van der Waals surface area contributed by atoms with Gasteiger partial charge in [-0.2, -0.15) is 0 Å². The molecule has 0 atom stereocenters. The van der Waals surface area contributed by atoms with E-state index < -0.39 is 11.6 Å². The SMILES string of the molecule is CC(C)(C)OC(=O)CNC(=O)c1ccc(-c2cnc(Nc3ccc(OCCN4CCC5(CC4)OCCO5)cc3)nc2)cc1. The number of carbonyl (C=O) groups excluding carboxylic acids is 2. The molecule has 11 nitrogen and oxygen atoms in total. The summed E-state index contributed by atoms with van der Waals surface area (Å²) in [6, 6.07) is 14.7. The zero-order valence-electron chi connectivity index (χ0n) is 24.9. The van der Waals surface area contributed by atoms with Gasteiger partial charge in [0.25, 0.3) is 5.91 Å². The maximum Gasteiger partial charge on any atom is 0.325 e. The maximum absolute atomic E-state index is 12.4. The molecule has 2 N–H and O–H groups in total. The average molecular weight is 590 g/mol. The molecule has 0 bridgehead atoms. The van der Waals surface area contributed by atoms with Gasteiger partial charge >= 0.3 is 5.97 Å². The number of ether oxygens (including phenoxy) is 4. The summed E-state index contributed by atoms with van der Waals surface area (Å²) in [5.41, 5.74) is 2.35. The summed E-state index contributed by atoms with van der Waals surface area (Å²) in [6.07, 6.45) is 5.25. The van der Waals surface area contributed by atoms with Gasteiger partial charge < -0.3 is 29.6 Å². The maximum atomic E-state index is 12.4. The predicted molar refractivity (Wildman–Crippen MR) is 161 cm³/mol. The number of amides is 1. The van der Waals surface area contributed by atoms with Crippen LogP contribution in [0, 0.1) is 0 Å². The van der Waals surface area contributed by atoms with Crippen LogP contribution >= 0.6 is 0 Å². The van der Waals surface area contributed by atoms with Crippen LogP contribution in [-0.2, 0) is 19.0 Å². The number of hydrogen-bond acceptors (Lipinski definition) is 10. The van der Waals surface area contributed by atoms with E-state index >= 15 is 0 Å². The molecule has 0 radical (unpaired) electrons. The van der Waals surface area contributed by atoms with E-state index in [0.717, 1.165) is 55.0 Å². The Labute approximate surface area is 251 Å². The third-order valence-corrected chi connectivity index (χ3v) is 7.16. The number of anilines is 2. The van der Waals surface area contributed by atoms with Gasteiger partial charge in [-0.05, 0) is 62.7 Å². The van der Waals surface area contributed by atoms with Crippen LogP contribution in [0.5, 0.6) is 5.75 Å². The molecular weight excluding hydrogens is 550 g/mol. The van der Waals surface area contributed by atoms with Crippen LogP contribution in [0.25, 0.3) is 11.1 Å². The van der Waals surface area contributed by atoms with Crippen molar-refractivity contribution in [3.63, 3.8) is 0 Å². The minimum absolute atomic E-state index is 0.192. The van der Waals surface area contributed by atoms with Crippen molar-refractivity contribution in [2.75, 3.05) is 51.3 Å². The van der Waals surface area contributed by atoms with Gasteiger partial charge in [-0.25, -0.2) is 9.97 Å². The highest BCUT2D eigenvalue weighted by Gasteiger charge is 2.39. The Balaban J connectivity index is 1.05. The van der Waals surface area contributed by atoms with Crippen molar-refractivity contribution in [3.8, 4) is 16.9 Å². The van der Waals surface area contributed by atoms with Gasteiger partial charge in [0, 0.05) is 61.7 Å². The quantitative estimate of drug-likeness (QED) is 0.333. The van der Waals surface area contributed by atoms with E-state index in [4.69, 9.17) is 18.9 Å². The fraction of sp³-hybridized carbons (Fsp3) is 0.438. The zero-order valence-corrected chi connectivity index (χ0v) is 24.9. The van der Waals surface area contributed by atoms with E-state index in [1.54, 1.807) is 45.3 Å². The third-order valence-electron chi connectivity index (χ3n) is 7.16. The Hall–Kier alpha value is -4.06. The van der Waals surface area contributed by atoms with E-state index in [2.05, 4.69) is 25.5 Å². The highest BCUT2D eigenvalue weighted by atomic mass is 16.7. The summed E-state index contributed by atoms with van der Waals surface area (Å²) < 4.78 is 22.8. The van der Waals surface area contributed by atoms with Gasteiger partial charge in [-0.15, -0.1) is 0 Å². The monoisotopic (exact) mass is 589 g/mol. The molecule has 2 aliphatic heterocycles. The molecule has 5 rings (SSSR count). The first-order valence-corrected chi connectivity index (χ1v) is 14.6. The second kappa shape index (κ2) is 13.5. The molecule has 1 aromatic heterocycles. The number of carbonyl (C=O) groups is 2. The summed E-state index contributed by atoms with van der Waals surface area (Å²) in [6.45, 7) is 9.91. The largest absolute Gasteiger partial charge is 0.492 e. The van der Waals surface area contributed by atoms with Crippen LogP contribution in [0.4, 0.5) is 11.6 Å². The van der Waals surface area contributed by atoms with E-state index in [-0.39, 0.29) is 18.2 Å². The smallest absolute Gasteiger partial charge is 0.325 e. The standard InChI is InChI=1S/C32H39N5O6/c1-31(2,3)43-28(38)22-33-29(39)24-6-4-23(5-7-24)25-20-34-30(35-21-25)36-26-8-10-27(11-9-26)40-17-16-37-14-12-32(13-15-37)41-18-19-42-32/h4-11,20-21H,12-19,22H2,1-3H3,(H,33,39)(H,34,35,36). The fourth-order valence-corrected chi connectivity index (χ4v) is 4.95. The number of nitrogens with one attached hydrogen (secondary N) is 2. The van der Waals surface area contributed by atoms with Crippen LogP contribution in [0.1, 0.15) is 44.0 Å². The second-order valence-corrected chi connectivity index (χ2v) is 11.6. The summed E-state index contributed by atoms with van der Waals surface area (Å²) >= 11 is 0. The Morgan fingerprint density at radius 1 is 0.930 bits per heavy atom. The van der Waals surface area contributed by atoms with Crippen LogP contribution in [0.2, 0.25) is 0 Å². The molecule has 2 fully saturated rings. The normalized spacial score (nSPS) is 16.5. The number of piperidine rings is 1. The van der Waals surface area contributed by atoms with Crippen LogP contribution in [-0.4, -0.2) is 84.1 Å². The molecule has 2 saturated heterocycles. The Kier molecular flexibility index (Phi) is 9.54. The number of rotatable bonds is 10. The molecule has 228 valence electrons. The van der Waals surface area contributed by atoms with Crippen molar-refractivity contribution in [2.24, 2.45) is 0 Å². The summed E-state index contributed by atoms with van der Waals surface area (Å²) in [5.74, 6) is 0.0885. The molecule has 0 aliphatic carbocycles. The van der Waals surface area contributed by atoms with Crippen molar-refractivity contribution in [1.82, 2.24) is 20.2 Å². The lowest BCUT2D eigenvalue weighted by molar-refractivity contribution is -0.185. The highest BCUT2D eigenvalue weighted by molar-refractivity contribution is 5.96.